The third-order valence-electron chi connectivity index (χ3n) is 4.38. The van der Waals surface area contributed by atoms with Gasteiger partial charge in [0.15, 0.2) is 0 Å². The Morgan fingerprint density at radius 1 is 1.06 bits per heavy atom. The highest BCUT2D eigenvalue weighted by atomic mass is 16.5. The third-order valence-corrected chi connectivity index (χ3v) is 4.38. The normalized spacial score (nSPS) is 23.4. The topological polar surface area (TPSA) is 49.9 Å². The number of ether oxygens (including phenoxy) is 1. The van der Waals surface area contributed by atoms with Gasteiger partial charge in [0.1, 0.15) is 0 Å². The van der Waals surface area contributed by atoms with Crippen LogP contribution in [0.2, 0.25) is 0 Å². The van der Waals surface area contributed by atoms with Gasteiger partial charge < -0.3 is 10.1 Å². The number of hydrogen-bond donors (Lipinski definition) is 2. The third kappa shape index (κ3) is 2.31. The predicted molar refractivity (Wildman–Crippen MR) is 71.0 cm³/mol. The molecule has 2 aliphatic heterocycles. The van der Waals surface area contributed by atoms with Crippen molar-refractivity contribution in [2.75, 3.05) is 26.3 Å². The summed E-state index contributed by atoms with van der Waals surface area (Å²) in [5, 5.41) is 11.3. The highest BCUT2D eigenvalue weighted by Gasteiger charge is 2.27. The molecule has 4 nitrogen and oxygen atoms in total. The maximum absolute atomic E-state index is 5.48. The second-order valence-electron chi connectivity index (χ2n) is 5.56. The maximum Gasteiger partial charge on any atom is 0.0691 e. The van der Waals surface area contributed by atoms with Crippen molar-refractivity contribution in [2.24, 2.45) is 0 Å². The van der Waals surface area contributed by atoms with Gasteiger partial charge in [-0.05, 0) is 57.2 Å². The monoisotopic (exact) mass is 249 g/mol. The second kappa shape index (κ2) is 5.41. The molecule has 0 aromatic carbocycles. The molecule has 2 fully saturated rings. The summed E-state index contributed by atoms with van der Waals surface area (Å²) in [6, 6.07) is 0. The van der Waals surface area contributed by atoms with Crippen molar-refractivity contribution in [1.29, 1.82) is 0 Å². The van der Waals surface area contributed by atoms with Crippen molar-refractivity contribution in [3.8, 4) is 0 Å². The molecule has 0 atom stereocenters. The number of H-pyrrole nitrogens is 1. The van der Waals surface area contributed by atoms with E-state index in [1.54, 1.807) is 0 Å². The number of aryl methyl sites for hydroxylation is 1. The molecule has 4 heteroatoms. The van der Waals surface area contributed by atoms with E-state index in [-0.39, 0.29) is 0 Å². The van der Waals surface area contributed by atoms with E-state index >= 15 is 0 Å². The zero-order valence-electron chi connectivity index (χ0n) is 11.2. The lowest BCUT2D eigenvalue weighted by Gasteiger charge is -2.27. The van der Waals surface area contributed by atoms with Crippen molar-refractivity contribution in [2.45, 2.75) is 44.4 Å². The number of hydrogen-bond acceptors (Lipinski definition) is 3. The van der Waals surface area contributed by atoms with E-state index in [0.717, 1.165) is 39.1 Å². The highest BCUT2D eigenvalue weighted by molar-refractivity contribution is 5.32. The van der Waals surface area contributed by atoms with Crippen molar-refractivity contribution < 1.29 is 4.74 Å². The van der Waals surface area contributed by atoms with Gasteiger partial charge in [-0.25, -0.2) is 0 Å². The quantitative estimate of drug-likeness (QED) is 0.843. The van der Waals surface area contributed by atoms with Gasteiger partial charge in [-0.1, -0.05) is 0 Å². The van der Waals surface area contributed by atoms with E-state index in [1.807, 2.05) is 0 Å². The van der Waals surface area contributed by atoms with E-state index in [0.29, 0.717) is 11.8 Å². The molecule has 3 rings (SSSR count). The second-order valence-corrected chi connectivity index (χ2v) is 5.56. The summed E-state index contributed by atoms with van der Waals surface area (Å²) in [7, 11) is 0. The Kier molecular flexibility index (Phi) is 3.66. The molecule has 100 valence electrons. The van der Waals surface area contributed by atoms with Crippen LogP contribution in [0.3, 0.4) is 0 Å². The van der Waals surface area contributed by atoms with Gasteiger partial charge in [0.25, 0.3) is 0 Å². The van der Waals surface area contributed by atoms with Crippen LogP contribution in [0, 0.1) is 6.92 Å². The minimum Gasteiger partial charge on any atom is -0.381 e. The summed E-state index contributed by atoms with van der Waals surface area (Å²) >= 11 is 0. The molecule has 2 N–H and O–H groups in total. The van der Waals surface area contributed by atoms with Crippen LogP contribution in [0.1, 0.15) is 54.5 Å². The maximum atomic E-state index is 5.48. The van der Waals surface area contributed by atoms with Gasteiger partial charge in [0, 0.05) is 24.8 Å². The summed E-state index contributed by atoms with van der Waals surface area (Å²) in [4.78, 5) is 0. The zero-order chi connectivity index (χ0) is 12.4. The fourth-order valence-electron chi connectivity index (χ4n) is 3.36. The zero-order valence-corrected chi connectivity index (χ0v) is 11.2. The average Bonchev–Trinajstić information content (AvgIpc) is 2.83. The number of nitrogens with one attached hydrogen (secondary N) is 2. The van der Waals surface area contributed by atoms with Gasteiger partial charge in [-0.15, -0.1) is 0 Å². The number of piperidine rings is 1. The van der Waals surface area contributed by atoms with Crippen molar-refractivity contribution in [3.05, 3.63) is 17.0 Å². The Hall–Kier alpha value is -0.870. The van der Waals surface area contributed by atoms with Gasteiger partial charge in [0.05, 0.1) is 5.69 Å². The largest absolute Gasteiger partial charge is 0.381 e. The Morgan fingerprint density at radius 3 is 2.50 bits per heavy atom. The Balaban J connectivity index is 1.85. The van der Waals surface area contributed by atoms with E-state index in [9.17, 15) is 0 Å². The van der Waals surface area contributed by atoms with E-state index in [4.69, 9.17) is 4.74 Å². The Bertz CT molecular complexity index is 390. The number of aromatic amines is 1. The van der Waals surface area contributed by atoms with Crippen molar-refractivity contribution >= 4 is 0 Å². The summed E-state index contributed by atoms with van der Waals surface area (Å²) in [5.74, 6) is 1.30. The standard InChI is InChI=1S/C14H23N3O/c1-10-13(11-4-8-18-9-5-11)14(17-16-10)12-2-6-15-7-3-12/h11-12,15H,2-9H2,1H3,(H,16,17). The van der Waals surface area contributed by atoms with Gasteiger partial charge in [0.2, 0.25) is 0 Å². The SMILES string of the molecule is Cc1[nH]nc(C2CCNCC2)c1C1CCOCC1. The molecule has 0 radical (unpaired) electrons. The smallest absolute Gasteiger partial charge is 0.0691 e. The van der Waals surface area contributed by atoms with Gasteiger partial charge in [-0.3, -0.25) is 5.10 Å². The lowest BCUT2D eigenvalue weighted by Crippen LogP contribution is -2.27. The van der Waals surface area contributed by atoms with E-state index in [1.165, 1.54) is 29.8 Å². The van der Waals surface area contributed by atoms with Gasteiger partial charge >= 0.3 is 0 Å². The van der Waals surface area contributed by atoms with Gasteiger partial charge in [-0.2, -0.15) is 5.10 Å². The first-order valence-electron chi connectivity index (χ1n) is 7.19. The fraction of sp³-hybridized carbons (Fsp3) is 0.786. The molecule has 1 aromatic heterocycles. The van der Waals surface area contributed by atoms with Crippen LogP contribution >= 0.6 is 0 Å². The number of nitrogens with zero attached hydrogens (tertiary/aromatic N) is 1. The van der Waals surface area contributed by atoms with Crippen LogP contribution < -0.4 is 5.32 Å². The lowest BCUT2D eigenvalue weighted by molar-refractivity contribution is 0.0849. The average molecular weight is 249 g/mol. The minimum atomic E-state index is 0.647. The van der Waals surface area contributed by atoms with Crippen LogP contribution in [-0.2, 0) is 4.74 Å². The molecule has 0 saturated carbocycles. The molecule has 1 aromatic rings. The molecule has 0 bridgehead atoms. The van der Waals surface area contributed by atoms with Crippen molar-refractivity contribution in [1.82, 2.24) is 15.5 Å². The molecule has 0 amide bonds. The first-order valence-corrected chi connectivity index (χ1v) is 7.19. The number of aromatic nitrogens is 2. The molecule has 2 saturated heterocycles. The summed E-state index contributed by atoms with van der Waals surface area (Å²) < 4.78 is 5.48. The fourth-order valence-corrected chi connectivity index (χ4v) is 3.36. The van der Waals surface area contributed by atoms with Crippen LogP contribution in [0.4, 0.5) is 0 Å². The van der Waals surface area contributed by atoms with Crippen molar-refractivity contribution in [3.63, 3.8) is 0 Å². The first kappa shape index (κ1) is 12.2. The molecule has 0 spiro atoms. The first-order chi connectivity index (χ1) is 8.86. The molecule has 0 unspecified atom stereocenters. The predicted octanol–water partition coefficient (Wildman–Crippen LogP) is 2.08. The summed E-state index contributed by atoms with van der Waals surface area (Å²) in [6.45, 7) is 6.23. The van der Waals surface area contributed by atoms with Crippen LogP contribution in [-0.4, -0.2) is 36.5 Å². The molecular formula is C14H23N3O. The van der Waals surface area contributed by atoms with E-state index < -0.39 is 0 Å². The molecular weight excluding hydrogens is 226 g/mol. The Labute approximate surface area is 108 Å². The van der Waals surface area contributed by atoms with E-state index in [2.05, 4.69) is 22.4 Å². The number of rotatable bonds is 2. The summed E-state index contributed by atoms with van der Waals surface area (Å²) in [6.07, 6.45) is 4.75. The minimum absolute atomic E-state index is 0.647. The van der Waals surface area contributed by atoms with Crippen LogP contribution in [0.15, 0.2) is 0 Å². The molecule has 0 aliphatic carbocycles. The lowest BCUT2D eigenvalue weighted by atomic mass is 9.84. The highest BCUT2D eigenvalue weighted by Crippen LogP contribution is 2.36. The van der Waals surface area contributed by atoms with Crippen LogP contribution in [0.5, 0.6) is 0 Å². The summed E-state index contributed by atoms with van der Waals surface area (Å²) in [5.41, 5.74) is 4.13. The molecule has 18 heavy (non-hydrogen) atoms. The molecule has 3 heterocycles. The van der Waals surface area contributed by atoms with Crippen LogP contribution in [0.25, 0.3) is 0 Å². The molecule has 2 aliphatic rings. The Morgan fingerprint density at radius 2 is 1.78 bits per heavy atom.